The Morgan fingerprint density at radius 2 is 1.50 bits per heavy atom. The predicted octanol–water partition coefficient (Wildman–Crippen LogP) is 4.37. The zero-order chi connectivity index (χ0) is 18.0. The summed E-state index contributed by atoms with van der Waals surface area (Å²) in [6, 6.07) is 0. The molecule has 134 valence electrons. The first kappa shape index (κ1) is 22.1. The number of hydrogen-bond acceptors (Lipinski definition) is 3. The van der Waals surface area contributed by atoms with Crippen molar-refractivity contribution in [2.45, 2.75) is 64.4 Å². The highest BCUT2D eigenvalue weighted by Crippen LogP contribution is 2.10. The van der Waals surface area contributed by atoms with Gasteiger partial charge in [0.2, 0.25) is 0 Å². The van der Waals surface area contributed by atoms with Gasteiger partial charge in [-0.1, -0.05) is 63.0 Å². The van der Waals surface area contributed by atoms with Gasteiger partial charge in [-0.15, -0.1) is 0 Å². The van der Waals surface area contributed by atoms with E-state index in [4.69, 9.17) is 5.11 Å². The highest BCUT2D eigenvalue weighted by molar-refractivity contribution is 5.99. The van der Waals surface area contributed by atoms with Gasteiger partial charge in [0.1, 0.15) is 0 Å². The summed E-state index contributed by atoms with van der Waals surface area (Å²) in [6.07, 6.45) is 20.2. The van der Waals surface area contributed by atoms with E-state index in [1.807, 2.05) is 13.0 Å². The van der Waals surface area contributed by atoms with Crippen LogP contribution in [-0.2, 0) is 9.59 Å². The predicted molar refractivity (Wildman–Crippen MR) is 97.8 cm³/mol. The summed E-state index contributed by atoms with van der Waals surface area (Å²) in [5.74, 6) is -1.07. The first-order valence-corrected chi connectivity index (χ1v) is 8.69. The van der Waals surface area contributed by atoms with E-state index in [0.29, 0.717) is 0 Å². The summed E-state index contributed by atoms with van der Waals surface area (Å²) in [7, 11) is 0. The highest BCUT2D eigenvalue weighted by atomic mass is 16.4. The summed E-state index contributed by atoms with van der Waals surface area (Å²) in [5.41, 5.74) is 0. The van der Waals surface area contributed by atoms with Crippen LogP contribution in [0.1, 0.15) is 58.3 Å². The van der Waals surface area contributed by atoms with E-state index >= 15 is 0 Å². The molecule has 1 atom stereocenters. The van der Waals surface area contributed by atoms with Crippen LogP contribution in [0.3, 0.4) is 0 Å². The topological polar surface area (TPSA) is 74.6 Å². The van der Waals surface area contributed by atoms with Crippen molar-refractivity contribution in [3.05, 3.63) is 48.6 Å². The van der Waals surface area contributed by atoms with Gasteiger partial charge in [-0.3, -0.25) is 4.79 Å². The van der Waals surface area contributed by atoms with Crippen LogP contribution in [0.2, 0.25) is 0 Å². The van der Waals surface area contributed by atoms with Crippen molar-refractivity contribution in [3.8, 4) is 0 Å². The van der Waals surface area contributed by atoms with Gasteiger partial charge in [-0.2, -0.15) is 0 Å². The number of hydrogen-bond donors (Lipinski definition) is 2. The fourth-order valence-electron chi connectivity index (χ4n) is 2.05. The number of aliphatic hydroxyl groups excluding tert-OH is 1. The molecule has 0 saturated carbocycles. The molecule has 0 heterocycles. The van der Waals surface area contributed by atoms with Crippen molar-refractivity contribution < 1.29 is 19.8 Å². The van der Waals surface area contributed by atoms with Crippen molar-refractivity contribution in [2.75, 3.05) is 0 Å². The Hall–Kier alpha value is -1.94. The molecular weight excluding hydrogens is 304 g/mol. The number of unbranched alkanes of at least 4 members (excludes halogenated alkanes) is 5. The Kier molecular flexibility index (Phi) is 14.6. The van der Waals surface area contributed by atoms with Crippen molar-refractivity contribution in [3.63, 3.8) is 0 Å². The van der Waals surface area contributed by atoms with Crippen LogP contribution in [0.5, 0.6) is 0 Å². The molecule has 4 nitrogen and oxygen atoms in total. The molecule has 0 saturated heterocycles. The number of carbonyl (C=O) groups excluding carboxylic acids is 1. The minimum atomic E-state index is -0.999. The second-order valence-corrected chi connectivity index (χ2v) is 5.65. The number of carboxylic acid groups (broad SMARTS) is 1. The number of ketones is 1. The Bertz CT molecular complexity index is 458. The molecule has 0 aromatic carbocycles. The molecule has 0 spiro atoms. The average molecular weight is 334 g/mol. The molecular formula is C20H30O4. The summed E-state index contributed by atoms with van der Waals surface area (Å²) in [5, 5.41) is 17.8. The minimum absolute atomic E-state index is 0.0737. The molecule has 0 radical (unpaired) electrons. The highest BCUT2D eigenvalue weighted by Gasteiger charge is 1.99. The van der Waals surface area contributed by atoms with Crippen LogP contribution < -0.4 is 0 Å². The Morgan fingerprint density at radius 3 is 2.17 bits per heavy atom. The quantitative estimate of drug-likeness (QED) is 0.281. The minimum Gasteiger partial charge on any atom is -0.478 e. The lowest BCUT2D eigenvalue weighted by Crippen LogP contribution is -2.03. The normalized spacial score (nSPS) is 13.6. The van der Waals surface area contributed by atoms with E-state index in [2.05, 4.69) is 0 Å². The summed E-state index contributed by atoms with van der Waals surface area (Å²) < 4.78 is 0. The lowest BCUT2D eigenvalue weighted by Gasteiger charge is -2.06. The lowest BCUT2D eigenvalue weighted by molar-refractivity contribution is -0.131. The third kappa shape index (κ3) is 16.4. The van der Waals surface area contributed by atoms with E-state index in [-0.39, 0.29) is 11.9 Å². The van der Waals surface area contributed by atoms with Gasteiger partial charge in [-0.25, -0.2) is 4.79 Å². The number of aliphatic hydroxyl groups is 1. The van der Waals surface area contributed by atoms with Gasteiger partial charge in [0.05, 0.1) is 6.10 Å². The van der Waals surface area contributed by atoms with Crippen LogP contribution in [-0.4, -0.2) is 28.1 Å². The van der Waals surface area contributed by atoms with E-state index in [1.165, 1.54) is 18.6 Å². The van der Waals surface area contributed by atoms with Crippen LogP contribution in [0.15, 0.2) is 48.6 Å². The summed E-state index contributed by atoms with van der Waals surface area (Å²) >= 11 is 0. The molecule has 0 fully saturated rings. The molecule has 24 heavy (non-hydrogen) atoms. The molecule has 0 aliphatic rings. The number of aliphatic carboxylic acids is 1. The Labute approximate surface area is 145 Å². The zero-order valence-electron chi connectivity index (χ0n) is 14.6. The zero-order valence-corrected chi connectivity index (χ0v) is 14.6. The third-order valence-corrected chi connectivity index (χ3v) is 3.49. The lowest BCUT2D eigenvalue weighted by atomic mass is 10.1. The van der Waals surface area contributed by atoms with E-state index in [9.17, 15) is 14.7 Å². The van der Waals surface area contributed by atoms with Crippen LogP contribution in [0.4, 0.5) is 0 Å². The fraction of sp³-hybridized carbons (Fsp3) is 0.500. The van der Waals surface area contributed by atoms with Crippen LogP contribution in [0, 0.1) is 0 Å². The third-order valence-electron chi connectivity index (χ3n) is 3.49. The van der Waals surface area contributed by atoms with Crippen molar-refractivity contribution in [1.82, 2.24) is 0 Å². The second kappa shape index (κ2) is 15.9. The van der Waals surface area contributed by atoms with Crippen molar-refractivity contribution >= 4 is 11.8 Å². The maximum absolute atomic E-state index is 11.5. The first-order chi connectivity index (χ1) is 11.6. The van der Waals surface area contributed by atoms with Gasteiger partial charge in [0, 0.05) is 6.08 Å². The average Bonchev–Trinajstić information content (AvgIpc) is 2.55. The molecule has 0 rings (SSSR count). The molecule has 4 heteroatoms. The van der Waals surface area contributed by atoms with E-state index in [0.717, 1.165) is 51.0 Å². The first-order valence-electron chi connectivity index (χ1n) is 8.69. The summed E-state index contributed by atoms with van der Waals surface area (Å²) in [4.78, 5) is 21.7. The number of carbonyl (C=O) groups is 2. The number of carboxylic acids is 1. The molecule has 1 unspecified atom stereocenters. The number of allylic oxidation sites excluding steroid dienone is 7. The largest absolute Gasteiger partial charge is 0.478 e. The molecule has 0 amide bonds. The van der Waals surface area contributed by atoms with Gasteiger partial charge < -0.3 is 10.2 Å². The number of rotatable bonds is 14. The van der Waals surface area contributed by atoms with E-state index in [1.54, 1.807) is 24.3 Å². The van der Waals surface area contributed by atoms with Gasteiger partial charge in [0.15, 0.2) is 5.78 Å². The Morgan fingerprint density at radius 1 is 0.875 bits per heavy atom. The second-order valence-electron chi connectivity index (χ2n) is 5.65. The molecule has 0 aliphatic carbocycles. The molecule has 0 aliphatic heterocycles. The van der Waals surface area contributed by atoms with Gasteiger partial charge >= 0.3 is 5.97 Å². The van der Waals surface area contributed by atoms with Crippen molar-refractivity contribution in [1.29, 1.82) is 0 Å². The van der Waals surface area contributed by atoms with Crippen LogP contribution in [0.25, 0.3) is 0 Å². The maximum Gasteiger partial charge on any atom is 0.328 e. The smallest absolute Gasteiger partial charge is 0.328 e. The van der Waals surface area contributed by atoms with E-state index < -0.39 is 5.97 Å². The monoisotopic (exact) mass is 334 g/mol. The fourth-order valence-corrected chi connectivity index (χ4v) is 2.05. The maximum atomic E-state index is 11.5. The van der Waals surface area contributed by atoms with Gasteiger partial charge in [-0.05, 0) is 37.8 Å². The van der Waals surface area contributed by atoms with Crippen LogP contribution >= 0.6 is 0 Å². The SMILES string of the molecule is CCC(O)CCCCCCCC=CC(=O)C=CC=CC=CC(=O)O. The Balaban J connectivity index is 3.62. The molecule has 0 aromatic rings. The molecule has 0 bridgehead atoms. The molecule has 0 aromatic heterocycles. The molecule has 2 N–H and O–H groups in total. The summed E-state index contributed by atoms with van der Waals surface area (Å²) in [6.45, 7) is 2.00. The van der Waals surface area contributed by atoms with Crippen molar-refractivity contribution in [2.24, 2.45) is 0 Å². The van der Waals surface area contributed by atoms with Gasteiger partial charge in [0.25, 0.3) is 0 Å². The standard InChI is InChI=1S/C20H30O4/c1-2-18(21)14-10-6-4-3-5-7-11-15-19(22)16-12-8-9-13-17-20(23)24/h8-9,11-13,15-18,21H,2-7,10,14H2,1H3,(H,23,24).